The second kappa shape index (κ2) is 11.2. The van der Waals surface area contributed by atoms with Crippen molar-refractivity contribution in [3.63, 3.8) is 0 Å². The molecule has 2 rings (SSSR count). The lowest BCUT2D eigenvalue weighted by molar-refractivity contribution is -0.138. The summed E-state index contributed by atoms with van der Waals surface area (Å²) in [5, 5.41) is 11.7. The summed E-state index contributed by atoms with van der Waals surface area (Å²) in [4.78, 5) is 41.5. The quantitative estimate of drug-likeness (QED) is 0.531. The molecule has 2 aromatic rings. The van der Waals surface area contributed by atoms with Gasteiger partial charge in [-0.3, -0.25) is 18.8 Å². The van der Waals surface area contributed by atoms with Gasteiger partial charge in [0.25, 0.3) is 5.91 Å². The summed E-state index contributed by atoms with van der Waals surface area (Å²) in [5.74, 6) is -1.05. The Hall–Kier alpha value is -2.90. The van der Waals surface area contributed by atoms with Gasteiger partial charge in [0.2, 0.25) is 5.91 Å². The van der Waals surface area contributed by atoms with Crippen LogP contribution in [0.4, 0.5) is 0 Å². The monoisotopic (exact) mass is 402 g/mol. The van der Waals surface area contributed by atoms with Gasteiger partial charge in [-0.1, -0.05) is 19.4 Å². The van der Waals surface area contributed by atoms with Crippen LogP contribution in [0.25, 0.3) is 5.65 Å². The van der Waals surface area contributed by atoms with Crippen LogP contribution < -0.4 is 5.32 Å². The van der Waals surface area contributed by atoms with Crippen molar-refractivity contribution in [2.75, 3.05) is 19.6 Å². The van der Waals surface area contributed by atoms with Gasteiger partial charge < -0.3 is 15.3 Å². The lowest BCUT2D eigenvalue weighted by Crippen LogP contribution is -2.33. The van der Waals surface area contributed by atoms with Gasteiger partial charge in [0.05, 0.1) is 12.1 Å². The number of unbranched alkanes of at least 4 members (excludes halogenated alkanes) is 2. The number of carbonyl (C=O) groups is 3. The van der Waals surface area contributed by atoms with Gasteiger partial charge >= 0.3 is 5.97 Å². The molecule has 0 aliphatic rings. The molecule has 0 aliphatic carbocycles. The second-order valence-electron chi connectivity index (χ2n) is 7.07. The Bertz CT molecular complexity index is 846. The lowest BCUT2D eigenvalue weighted by Gasteiger charge is -2.21. The van der Waals surface area contributed by atoms with Crippen molar-refractivity contribution in [1.29, 1.82) is 0 Å². The summed E-state index contributed by atoms with van der Waals surface area (Å²) < 4.78 is 1.78. The molecule has 0 atom stereocenters. The number of hydrogen-bond donors (Lipinski definition) is 2. The lowest BCUT2D eigenvalue weighted by atomic mass is 10.1. The summed E-state index contributed by atoms with van der Waals surface area (Å²) in [6.45, 7) is 5.16. The molecule has 0 radical (unpaired) electrons. The molecule has 0 saturated carbocycles. The molecule has 0 saturated heterocycles. The van der Waals surface area contributed by atoms with E-state index in [1.54, 1.807) is 9.30 Å². The number of hydrogen-bond acceptors (Lipinski definition) is 4. The van der Waals surface area contributed by atoms with Crippen molar-refractivity contribution in [2.45, 2.75) is 52.4 Å². The molecule has 2 N–H and O–H groups in total. The molecule has 0 bridgehead atoms. The van der Waals surface area contributed by atoms with Crippen LogP contribution in [-0.2, 0) is 9.59 Å². The number of carbonyl (C=O) groups excluding carboxylic acids is 2. The average molecular weight is 402 g/mol. The molecule has 0 aromatic carbocycles. The SMILES string of the molecule is CCCN(CCC(=O)O)C(=O)CCCCCNC(=O)c1c(C)nc2ccccn12. The van der Waals surface area contributed by atoms with Crippen molar-refractivity contribution in [3.8, 4) is 0 Å². The first-order valence-corrected chi connectivity index (χ1v) is 10.2. The number of fused-ring (bicyclic) bond motifs is 1. The first-order chi connectivity index (χ1) is 13.9. The van der Waals surface area contributed by atoms with Gasteiger partial charge in [0.15, 0.2) is 0 Å². The van der Waals surface area contributed by atoms with Crippen molar-refractivity contribution in [2.24, 2.45) is 0 Å². The van der Waals surface area contributed by atoms with Crippen molar-refractivity contribution in [1.82, 2.24) is 19.6 Å². The number of aryl methyl sites for hydroxylation is 1. The molecule has 8 nitrogen and oxygen atoms in total. The van der Waals surface area contributed by atoms with Crippen LogP contribution in [0, 0.1) is 6.92 Å². The highest BCUT2D eigenvalue weighted by atomic mass is 16.4. The number of aliphatic carboxylic acids is 1. The maximum Gasteiger partial charge on any atom is 0.305 e. The molecule has 0 aliphatic heterocycles. The molecule has 0 spiro atoms. The van der Waals surface area contributed by atoms with Crippen LogP contribution in [0.5, 0.6) is 0 Å². The topological polar surface area (TPSA) is 104 Å². The van der Waals surface area contributed by atoms with Gasteiger partial charge in [-0.05, 0) is 38.3 Å². The predicted molar refractivity (Wildman–Crippen MR) is 110 cm³/mol. The van der Waals surface area contributed by atoms with E-state index in [0.29, 0.717) is 30.9 Å². The van der Waals surface area contributed by atoms with Crippen molar-refractivity contribution >= 4 is 23.4 Å². The van der Waals surface area contributed by atoms with E-state index in [1.165, 1.54) is 0 Å². The normalized spacial score (nSPS) is 10.8. The smallest absolute Gasteiger partial charge is 0.305 e. The Labute approximate surface area is 170 Å². The molecular formula is C21H30N4O4. The highest BCUT2D eigenvalue weighted by Gasteiger charge is 2.16. The third-order valence-electron chi connectivity index (χ3n) is 4.71. The Kier molecular flexibility index (Phi) is 8.64. The van der Waals surface area contributed by atoms with Crippen LogP contribution in [-0.4, -0.2) is 56.8 Å². The molecule has 2 amide bonds. The van der Waals surface area contributed by atoms with Crippen molar-refractivity contribution in [3.05, 3.63) is 35.8 Å². The number of imidazole rings is 1. The summed E-state index contributed by atoms with van der Waals surface area (Å²) in [5.41, 5.74) is 1.98. The number of nitrogens with zero attached hydrogens (tertiary/aromatic N) is 3. The molecule has 8 heteroatoms. The number of carboxylic acids is 1. The minimum Gasteiger partial charge on any atom is -0.481 e. The van der Waals surface area contributed by atoms with Gasteiger partial charge in [-0.25, -0.2) is 4.98 Å². The Balaban J connectivity index is 1.71. The zero-order valence-electron chi connectivity index (χ0n) is 17.2. The van der Waals surface area contributed by atoms with Crippen LogP contribution in [0.1, 0.15) is 61.6 Å². The molecule has 0 unspecified atom stereocenters. The van der Waals surface area contributed by atoms with E-state index in [2.05, 4.69) is 10.3 Å². The number of amides is 2. The van der Waals surface area contributed by atoms with Crippen molar-refractivity contribution < 1.29 is 19.5 Å². The Morgan fingerprint density at radius 3 is 2.66 bits per heavy atom. The highest BCUT2D eigenvalue weighted by molar-refractivity contribution is 5.94. The van der Waals surface area contributed by atoms with E-state index in [0.717, 1.165) is 31.3 Å². The summed E-state index contributed by atoms with van der Waals surface area (Å²) >= 11 is 0. The standard InChI is InChI=1S/C21H30N4O4/c1-3-13-24(15-11-19(27)28)18(26)10-5-4-7-12-22-21(29)20-16(2)23-17-9-6-8-14-25(17)20/h6,8-9,14H,3-5,7,10-13,15H2,1-2H3,(H,22,29)(H,27,28). The number of rotatable bonds is 12. The highest BCUT2D eigenvalue weighted by Crippen LogP contribution is 2.11. The zero-order valence-corrected chi connectivity index (χ0v) is 17.2. The van der Waals surface area contributed by atoms with E-state index >= 15 is 0 Å². The van der Waals surface area contributed by atoms with Gasteiger partial charge in [0.1, 0.15) is 11.3 Å². The van der Waals surface area contributed by atoms with Crippen LogP contribution in [0.3, 0.4) is 0 Å². The second-order valence-corrected chi connectivity index (χ2v) is 7.07. The largest absolute Gasteiger partial charge is 0.481 e. The third-order valence-corrected chi connectivity index (χ3v) is 4.71. The van der Waals surface area contributed by atoms with Crippen LogP contribution in [0.15, 0.2) is 24.4 Å². The molecule has 158 valence electrons. The third kappa shape index (κ3) is 6.58. The Morgan fingerprint density at radius 1 is 1.14 bits per heavy atom. The maximum atomic E-state index is 12.5. The van der Waals surface area contributed by atoms with E-state index in [1.807, 2.05) is 38.2 Å². The van der Waals surface area contributed by atoms with E-state index < -0.39 is 5.97 Å². The van der Waals surface area contributed by atoms with E-state index in [4.69, 9.17) is 5.11 Å². The van der Waals surface area contributed by atoms with Crippen LogP contribution in [0.2, 0.25) is 0 Å². The van der Waals surface area contributed by atoms with Gasteiger partial charge in [-0.15, -0.1) is 0 Å². The van der Waals surface area contributed by atoms with Gasteiger partial charge in [0, 0.05) is 32.3 Å². The Morgan fingerprint density at radius 2 is 1.93 bits per heavy atom. The summed E-state index contributed by atoms with van der Waals surface area (Å²) in [6, 6.07) is 5.60. The fraction of sp³-hybridized carbons (Fsp3) is 0.524. The first kappa shape index (κ1) is 22.4. The maximum absolute atomic E-state index is 12.5. The van der Waals surface area contributed by atoms with E-state index in [9.17, 15) is 14.4 Å². The molecular weight excluding hydrogens is 372 g/mol. The average Bonchev–Trinajstić information content (AvgIpc) is 3.03. The first-order valence-electron chi connectivity index (χ1n) is 10.2. The van der Waals surface area contributed by atoms with E-state index in [-0.39, 0.29) is 24.8 Å². The molecule has 29 heavy (non-hydrogen) atoms. The van der Waals surface area contributed by atoms with Gasteiger partial charge in [-0.2, -0.15) is 0 Å². The van der Waals surface area contributed by atoms with Crippen LogP contribution >= 0.6 is 0 Å². The molecule has 0 fully saturated rings. The number of nitrogens with one attached hydrogen (secondary N) is 1. The summed E-state index contributed by atoms with van der Waals surface area (Å²) in [7, 11) is 0. The fourth-order valence-corrected chi connectivity index (χ4v) is 3.27. The number of carboxylic acid groups (broad SMARTS) is 1. The number of pyridine rings is 1. The predicted octanol–water partition coefficient (Wildman–Crippen LogP) is 2.65. The molecule has 2 heterocycles. The summed E-state index contributed by atoms with van der Waals surface area (Å²) in [6.07, 6.45) is 5.31. The minimum atomic E-state index is -0.893. The minimum absolute atomic E-state index is 0.00140. The molecule has 2 aromatic heterocycles. The fourth-order valence-electron chi connectivity index (χ4n) is 3.27. The zero-order chi connectivity index (χ0) is 21.2. The number of aromatic nitrogens is 2.